The van der Waals surface area contributed by atoms with E-state index in [0.29, 0.717) is 22.3 Å². The minimum absolute atomic E-state index is 0.178. The van der Waals surface area contributed by atoms with E-state index in [2.05, 4.69) is 0 Å². The summed E-state index contributed by atoms with van der Waals surface area (Å²) in [5, 5.41) is 0.549. The van der Waals surface area contributed by atoms with Gasteiger partial charge in [0.1, 0.15) is 5.69 Å². The number of anilines is 1. The summed E-state index contributed by atoms with van der Waals surface area (Å²) in [6.07, 6.45) is 4.61. The average molecular weight is 292 g/mol. The fourth-order valence-electron chi connectivity index (χ4n) is 3.22. The zero-order chi connectivity index (χ0) is 14.3. The molecule has 20 heavy (non-hydrogen) atoms. The first kappa shape index (κ1) is 13.3. The third-order valence-electron chi connectivity index (χ3n) is 4.17. The van der Waals surface area contributed by atoms with E-state index in [1.165, 1.54) is 12.8 Å². The van der Waals surface area contributed by atoms with Crippen LogP contribution in [0.4, 0.5) is 5.69 Å². The molecule has 0 aliphatic heterocycles. The van der Waals surface area contributed by atoms with Gasteiger partial charge >= 0.3 is 0 Å². The Kier molecular flexibility index (Phi) is 3.34. The van der Waals surface area contributed by atoms with Crippen LogP contribution in [0.2, 0.25) is 5.02 Å². The zero-order valence-electron chi connectivity index (χ0n) is 11.5. The number of aromatic nitrogens is 2. The summed E-state index contributed by atoms with van der Waals surface area (Å²) in [5.74, 6) is 0.386. The van der Waals surface area contributed by atoms with Gasteiger partial charge in [0.05, 0.1) is 16.4 Å². The maximum absolute atomic E-state index is 12.5. The second-order valence-corrected chi connectivity index (χ2v) is 5.78. The van der Waals surface area contributed by atoms with Crippen LogP contribution >= 0.6 is 11.6 Å². The van der Waals surface area contributed by atoms with Crippen LogP contribution in [-0.2, 0) is 7.05 Å². The standard InChI is InChI=1S/C15H18ClN3O/c1-18-14(10-6-2-3-7-10)13(17)15(20)19(18)12-9-5-4-8-11(12)16/h4-5,8-10H,2-3,6-7,17H2,1H3. The summed E-state index contributed by atoms with van der Waals surface area (Å²) < 4.78 is 3.44. The molecule has 0 radical (unpaired) electrons. The molecule has 1 aliphatic rings. The molecule has 1 saturated carbocycles. The monoisotopic (exact) mass is 291 g/mol. The molecule has 1 aromatic heterocycles. The number of nitrogens with zero attached hydrogens (tertiary/aromatic N) is 2. The molecule has 4 nitrogen and oxygen atoms in total. The van der Waals surface area contributed by atoms with Crippen LogP contribution in [0.15, 0.2) is 29.1 Å². The Balaban J connectivity index is 2.21. The highest BCUT2D eigenvalue weighted by Crippen LogP contribution is 2.36. The van der Waals surface area contributed by atoms with Gasteiger partial charge in [-0.2, -0.15) is 0 Å². The van der Waals surface area contributed by atoms with E-state index in [9.17, 15) is 4.79 Å². The van der Waals surface area contributed by atoms with Crippen molar-refractivity contribution in [3.8, 4) is 5.69 Å². The summed E-state index contributed by atoms with van der Waals surface area (Å²) in [5.41, 5.74) is 7.89. The Morgan fingerprint density at radius 1 is 1.25 bits per heavy atom. The summed E-state index contributed by atoms with van der Waals surface area (Å²) >= 11 is 6.21. The maximum atomic E-state index is 12.5. The number of para-hydroxylation sites is 1. The lowest BCUT2D eigenvalue weighted by Crippen LogP contribution is -2.21. The summed E-state index contributed by atoms with van der Waals surface area (Å²) in [4.78, 5) is 12.5. The Morgan fingerprint density at radius 3 is 2.55 bits per heavy atom. The molecule has 106 valence electrons. The number of nitrogens with two attached hydrogens (primary N) is 1. The van der Waals surface area contributed by atoms with Crippen molar-refractivity contribution in [1.29, 1.82) is 0 Å². The van der Waals surface area contributed by atoms with Crippen molar-refractivity contribution in [1.82, 2.24) is 9.36 Å². The van der Waals surface area contributed by atoms with Crippen LogP contribution in [0, 0.1) is 0 Å². The van der Waals surface area contributed by atoms with Crippen LogP contribution in [-0.4, -0.2) is 9.36 Å². The van der Waals surface area contributed by atoms with Crippen molar-refractivity contribution in [2.24, 2.45) is 7.05 Å². The van der Waals surface area contributed by atoms with Gasteiger partial charge in [-0.3, -0.25) is 9.48 Å². The highest BCUT2D eigenvalue weighted by atomic mass is 35.5. The maximum Gasteiger partial charge on any atom is 0.294 e. The average Bonchev–Trinajstić information content (AvgIpc) is 3.01. The molecule has 1 fully saturated rings. The second-order valence-electron chi connectivity index (χ2n) is 5.37. The van der Waals surface area contributed by atoms with Gasteiger partial charge in [0.25, 0.3) is 5.56 Å². The Labute approximate surface area is 122 Å². The molecule has 1 heterocycles. The van der Waals surface area contributed by atoms with E-state index in [1.807, 2.05) is 29.9 Å². The SMILES string of the molecule is Cn1c(C2CCCC2)c(N)c(=O)n1-c1ccccc1Cl. The number of nitrogen functional groups attached to an aromatic ring is 1. The van der Waals surface area contributed by atoms with Crippen molar-refractivity contribution < 1.29 is 0 Å². The molecular formula is C15H18ClN3O. The number of hydrogen-bond acceptors (Lipinski definition) is 2. The summed E-state index contributed by atoms with van der Waals surface area (Å²) in [6, 6.07) is 7.33. The van der Waals surface area contributed by atoms with Gasteiger partial charge in [-0.1, -0.05) is 36.6 Å². The summed E-state index contributed by atoms with van der Waals surface area (Å²) in [6.45, 7) is 0. The smallest absolute Gasteiger partial charge is 0.294 e. The Hall–Kier alpha value is -1.68. The predicted octanol–water partition coefficient (Wildman–Crippen LogP) is 3.07. The molecule has 0 saturated heterocycles. The van der Waals surface area contributed by atoms with Crippen molar-refractivity contribution >= 4 is 17.3 Å². The third-order valence-corrected chi connectivity index (χ3v) is 4.49. The quantitative estimate of drug-likeness (QED) is 0.924. The van der Waals surface area contributed by atoms with Crippen LogP contribution in [0.3, 0.4) is 0 Å². The minimum atomic E-state index is -0.178. The van der Waals surface area contributed by atoms with E-state index in [4.69, 9.17) is 17.3 Å². The molecule has 0 unspecified atom stereocenters. The van der Waals surface area contributed by atoms with Crippen LogP contribution in [0.5, 0.6) is 0 Å². The summed E-state index contributed by atoms with van der Waals surface area (Å²) in [7, 11) is 1.88. The normalized spacial score (nSPS) is 15.9. The molecule has 3 rings (SSSR count). The predicted molar refractivity (Wildman–Crippen MR) is 81.6 cm³/mol. The van der Waals surface area contributed by atoms with Crippen molar-refractivity contribution in [2.45, 2.75) is 31.6 Å². The van der Waals surface area contributed by atoms with E-state index in [-0.39, 0.29) is 5.56 Å². The molecule has 1 aliphatic carbocycles. The molecular weight excluding hydrogens is 274 g/mol. The zero-order valence-corrected chi connectivity index (χ0v) is 12.2. The van der Waals surface area contributed by atoms with Gasteiger partial charge in [-0.05, 0) is 25.0 Å². The van der Waals surface area contributed by atoms with Crippen molar-refractivity contribution in [3.05, 3.63) is 45.3 Å². The molecule has 1 aromatic carbocycles. The first-order valence-corrected chi connectivity index (χ1v) is 7.31. The molecule has 5 heteroatoms. The van der Waals surface area contributed by atoms with E-state index in [0.717, 1.165) is 18.5 Å². The van der Waals surface area contributed by atoms with Gasteiger partial charge in [0.2, 0.25) is 0 Å². The Bertz CT molecular complexity index is 696. The lowest BCUT2D eigenvalue weighted by molar-refractivity contribution is 0.569. The minimum Gasteiger partial charge on any atom is -0.393 e. The number of benzene rings is 1. The second kappa shape index (κ2) is 5.02. The van der Waals surface area contributed by atoms with Gasteiger partial charge in [0.15, 0.2) is 0 Å². The molecule has 0 bridgehead atoms. The largest absolute Gasteiger partial charge is 0.393 e. The van der Waals surface area contributed by atoms with Crippen LogP contribution in [0.1, 0.15) is 37.3 Å². The van der Waals surface area contributed by atoms with E-state index >= 15 is 0 Å². The molecule has 2 N–H and O–H groups in total. The number of hydrogen-bond donors (Lipinski definition) is 1. The molecule has 0 atom stereocenters. The molecule has 0 spiro atoms. The molecule has 2 aromatic rings. The van der Waals surface area contributed by atoms with Gasteiger partial charge in [-0.25, -0.2) is 4.68 Å². The van der Waals surface area contributed by atoms with Crippen LogP contribution < -0.4 is 11.3 Å². The lowest BCUT2D eigenvalue weighted by atomic mass is 10.0. The molecule has 0 amide bonds. The van der Waals surface area contributed by atoms with Crippen molar-refractivity contribution in [3.63, 3.8) is 0 Å². The van der Waals surface area contributed by atoms with Gasteiger partial charge < -0.3 is 5.73 Å². The fourth-order valence-corrected chi connectivity index (χ4v) is 3.44. The van der Waals surface area contributed by atoms with Gasteiger partial charge in [0, 0.05) is 13.0 Å². The third kappa shape index (κ3) is 1.95. The fraction of sp³-hybridized carbons (Fsp3) is 0.400. The lowest BCUT2D eigenvalue weighted by Gasteiger charge is -2.14. The first-order chi connectivity index (χ1) is 9.61. The number of halogens is 1. The van der Waals surface area contributed by atoms with E-state index in [1.54, 1.807) is 10.7 Å². The highest BCUT2D eigenvalue weighted by molar-refractivity contribution is 6.32. The van der Waals surface area contributed by atoms with Gasteiger partial charge in [-0.15, -0.1) is 0 Å². The van der Waals surface area contributed by atoms with Crippen LogP contribution in [0.25, 0.3) is 5.69 Å². The number of rotatable bonds is 2. The topological polar surface area (TPSA) is 52.9 Å². The Morgan fingerprint density at radius 2 is 1.90 bits per heavy atom. The highest BCUT2D eigenvalue weighted by Gasteiger charge is 2.26. The van der Waals surface area contributed by atoms with E-state index < -0.39 is 0 Å². The first-order valence-electron chi connectivity index (χ1n) is 6.93. The van der Waals surface area contributed by atoms with Crippen molar-refractivity contribution in [2.75, 3.05) is 5.73 Å².